The van der Waals surface area contributed by atoms with Crippen LogP contribution in [0.1, 0.15) is 55.8 Å². The maximum atomic E-state index is 13.5. The van der Waals surface area contributed by atoms with Gasteiger partial charge in [0.05, 0.1) is 17.6 Å². The SMILES string of the molecule is O=S(=O)(NC1C2CCC1CC(OCc1c(-c3ccccc3OC(F)(F)F)noc1C1CC1)C2)c1cccc2ccccc12. The lowest BCUT2D eigenvalue weighted by atomic mass is 9.83. The molecule has 3 fully saturated rings. The Labute approximate surface area is 247 Å². The molecule has 7 nitrogen and oxygen atoms in total. The van der Waals surface area contributed by atoms with E-state index in [1.165, 1.54) is 18.2 Å². The maximum absolute atomic E-state index is 13.5. The van der Waals surface area contributed by atoms with Gasteiger partial charge in [-0.3, -0.25) is 0 Å². The van der Waals surface area contributed by atoms with E-state index in [0.717, 1.165) is 31.1 Å². The number of fused-ring (bicyclic) bond motifs is 3. The highest BCUT2D eigenvalue weighted by molar-refractivity contribution is 7.89. The molecule has 1 N–H and O–H groups in total. The zero-order valence-electron chi connectivity index (χ0n) is 23.2. The van der Waals surface area contributed by atoms with Crippen LogP contribution >= 0.6 is 0 Å². The van der Waals surface area contributed by atoms with E-state index in [1.807, 2.05) is 30.3 Å². The summed E-state index contributed by atoms with van der Waals surface area (Å²) in [5.41, 5.74) is 1.13. The number of nitrogens with one attached hydrogen (secondary N) is 1. The van der Waals surface area contributed by atoms with Gasteiger partial charge in [-0.05, 0) is 73.9 Å². The normalized spacial score (nSPS) is 24.0. The van der Waals surface area contributed by atoms with Crippen LogP contribution in [0.2, 0.25) is 0 Å². The molecule has 3 aromatic carbocycles. The van der Waals surface area contributed by atoms with Crippen LogP contribution in [0.3, 0.4) is 0 Å². The molecule has 3 aliphatic rings. The van der Waals surface area contributed by atoms with Crippen LogP contribution in [0.5, 0.6) is 5.75 Å². The standard InChI is InChI=1S/C32H31F3N2O5S/c33-32(34,35)41-27-10-4-3-9-25(27)30-26(31(42-36-30)20-12-13-20)18-40-23-16-21-14-15-22(17-23)29(21)37-43(38,39)28-11-5-7-19-6-1-2-8-24(19)28/h1-11,20-23,29,37H,12-18H2. The molecule has 0 aliphatic heterocycles. The molecular weight excluding hydrogens is 581 g/mol. The number of nitrogens with zero attached hydrogens (tertiary/aromatic N) is 1. The first-order chi connectivity index (χ1) is 20.7. The predicted molar refractivity (Wildman–Crippen MR) is 153 cm³/mol. The van der Waals surface area contributed by atoms with Crippen molar-refractivity contribution in [2.45, 2.75) is 74.5 Å². The summed E-state index contributed by atoms with van der Waals surface area (Å²) >= 11 is 0. The van der Waals surface area contributed by atoms with Crippen LogP contribution in [0.25, 0.3) is 22.0 Å². The van der Waals surface area contributed by atoms with Crippen molar-refractivity contribution in [2.24, 2.45) is 11.8 Å². The third-order valence-electron chi connectivity index (χ3n) is 8.98. The molecule has 3 aliphatic carbocycles. The van der Waals surface area contributed by atoms with Crippen LogP contribution in [-0.4, -0.2) is 32.1 Å². The molecule has 11 heteroatoms. The second-order valence-corrected chi connectivity index (χ2v) is 13.5. The van der Waals surface area contributed by atoms with Crippen LogP contribution < -0.4 is 9.46 Å². The largest absolute Gasteiger partial charge is 0.573 e. The molecule has 0 amide bonds. The van der Waals surface area contributed by atoms with E-state index in [-0.39, 0.29) is 52.7 Å². The second kappa shape index (κ2) is 10.9. The number of halogens is 3. The van der Waals surface area contributed by atoms with Crippen LogP contribution in [-0.2, 0) is 21.4 Å². The Hall–Kier alpha value is -3.41. The van der Waals surface area contributed by atoms with Gasteiger partial charge in [-0.1, -0.05) is 53.7 Å². The highest BCUT2D eigenvalue weighted by Gasteiger charge is 2.45. The molecule has 0 saturated heterocycles. The van der Waals surface area contributed by atoms with Gasteiger partial charge in [0.1, 0.15) is 17.2 Å². The Morgan fingerprint density at radius 1 is 0.907 bits per heavy atom. The average Bonchev–Trinajstić information content (AvgIpc) is 3.69. The van der Waals surface area contributed by atoms with Crippen molar-refractivity contribution in [1.29, 1.82) is 0 Å². The molecule has 2 bridgehead atoms. The molecule has 43 heavy (non-hydrogen) atoms. The van der Waals surface area contributed by atoms with Crippen molar-refractivity contribution in [3.8, 4) is 17.0 Å². The van der Waals surface area contributed by atoms with Crippen molar-refractivity contribution >= 4 is 20.8 Å². The Balaban J connectivity index is 1.07. The first kappa shape index (κ1) is 28.4. The van der Waals surface area contributed by atoms with Gasteiger partial charge in [0.2, 0.25) is 10.0 Å². The molecule has 4 aromatic rings. The lowest BCUT2D eigenvalue weighted by Gasteiger charge is -2.35. The fraction of sp³-hybridized carbons (Fsp3) is 0.406. The first-order valence-corrected chi connectivity index (χ1v) is 16.1. The summed E-state index contributed by atoms with van der Waals surface area (Å²) in [6, 6.07) is 18.5. The van der Waals surface area contributed by atoms with Gasteiger partial charge in [-0.25, -0.2) is 13.1 Å². The molecule has 1 aromatic heterocycles. The molecule has 226 valence electrons. The van der Waals surface area contributed by atoms with E-state index < -0.39 is 16.4 Å². The Morgan fingerprint density at radius 3 is 2.35 bits per heavy atom. The fourth-order valence-electron chi connectivity index (χ4n) is 6.89. The molecule has 1 heterocycles. The van der Waals surface area contributed by atoms with Gasteiger partial charge < -0.3 is 14.0 Å². The number of hydrogen-bond donors (Lipinski definition) is 1. The van der Waals surface area contributed by atoms with E-state index in [1.54, 1.807) is 18.2 Å². The second-order valence-electron chi connectivity index (χ2n) is 11.8. The molecule has 2 atom stereocenters. The van der Waals surface area contributed by atoms with Gasteiger partial charge in [-0.15, -0.1) is 13.2 Å². The Bertz CT molecular complexity index is 1730. The minimum atomic E-state index is -4.84. The summed E-state index contributed by atoms with van der Waals surface area (Å²) in [6.45, 7) is 0.140. The van der Waals surface area contributed by atoms with E-state index in [4.69, 9.17) is 9.26 Å². The zero-order valence-corrected chi connectivity index (χ0v) is 24.0. The van der Waals surface area contributed by atoms with E-state index >= 15 is 0 Å². The maximum Gasteiger partial charge on any atom is 0.573 e. The number of ether oxygens (including phenoxy) is 2. The molecule has 2 unspecified atom stereocenters. The minimum Gasteiger partial charge on any atom is -0.405 e. The number of benzene rings is 3. The highest BCUT2D eigenvalue weighted by Crippen LogP contribution is 2.47. The lowest BCUT2D eigenvalue weighted by molar-refractivity contribution is -0.274. The van der Waals surface area contributed by atoms with Gasteiger partial charge in [-0.2, -0.15) is 0 Å². The topological polar surface area (TPSA) is 90.7 Å². The van der Waals surface area contributed by atoms with Crippen molar-refractivity contribution in [3.05, 3.63) is 78.1 Å². The quantitative estimate of drug-likeness (QED) is 0.213. The number of hydrogen-bond acceptors (Lipinski definition) is 6. The fourth-order valence-corrected chi connectivity index (χ4v) is 8.49. The zero-order chi connectivity index (χ0) is 29.8. The summed E-state index contributed by atoms with van der Waals surface area (Å²) in [7, 11) is -3.74. The molecule has 3 saturated carbocycles. The van der Waals surface area contributed by atoms with Crippen LogP contribution in [0, 0.1) is 11.8 Å². The van der Waals surface area contributed by atoms with Gasteiger partial charge in [0.25, 0.3) is 0 Å². The number of rotatable bonds is 9. The molecule has 0 spiro atoms. The van der Waals surface area contributed by atoms with Crippen molar-refractivity contribution < 1.29 is 35.6 Å². The summed E-state index contributed by atoms with van der Waals surface area (Å²) in [5.74, 6) is 0.727. The predicted octanol–water partition coefficient (Wildman–Crippen LogP) is 7.32. The van der Waals surface area contributed by atoms with E-state index in [2.05, 4.69) is 14.6 Å². The number of sulfonamides is 1. The average molecular weight is 613 g/mol. The van der Waals surface area contributed by atoms with E-state index in [9.17, 15) is 21.6 Å². The first-order valence-electron chi connectivity index (χ1n) is 14.6. The lowest BCUT2D eigenvalue weighted by Crippen LogP contribution is -2.46. The third-order valence-corrected chi connectivity index (χ3v) is 10.5. The monoisotopic (exact) mass is 612 g/mol. The molecule has 7 rings (SSSR count). The Kier molecular flexibility index (Phi) is 7.22. The number of alkyl halides is 3. The van der Waals surface area contributed by atoms with Crippen molar-refractivity contribution in [2.75, 3.05) is 0 Å². The van der Waals surface area contributed by atoms with E-state index in [0.29, 0.717) is 35.2 Å². The minimum absolute atomic E-state index is 0.118. The van der Waals surface area contributed by atoms with Crippen LogP contribution in [0.15, 0.2) is 76.1 Å². The van der Waals surface area contributed by atoms with Crippen LogP contribution in [0.4, 0.5) is 13.2 Å². The Morgan fingerprint density at radius 2 is 1.60 bits per heavy atom. The summed E-state index contributed by atoms with van der Waals surface area (Å²) < 4.78 is 85.8. The number of aromatic nitrogens is 1. The summed E-state index contributed by atoms with van der Waals surface area (Å²) in [6.07, 6.45) is 0.0692. The molecular formula is C32H31F3N2O5S. The third kappa shape index (κ3) is 5.77. The van der Waals surface area contributed by atoms with Gasteiger partial charge >= 0.3 is 6.36 Å². The molecule has 0 radical (unpaired) electrons. The number of para-hydroxylation sites is 1. The van der Waals surface area contributed by atoms with Gasteiger partial charge in [0.15, 0.2) is 0 Å². The summed E-state index contributed by atoms with van der Waals surface area (Å²) in [5, 5.41) is 5.73. The smallest absolute Gasteiger partial charge is 0.405 e. The van der Waals surface area contributed by atoms with Gasteiger partial charge in [0, 0.05) is 28.5 Å². The van der Waals surface area contributed by atoms with Crippen molar-refractivity contribution in [3.63, 3.8) is 0 Å². The summed E-state index contributed by atoms with van der Waals surface area (Å²) in [4.78, 5) is 0.283. The van der Waals surface area contributed by atoms with Crippen molar-refractivity contribution in [1.82, 2.24) is 9.88 Å². The highest BCUT2D eigenvalue weighted by atomic mass is 32.2.